The van der Waals surface area contributed by atoms with Crippen LogP contribution in [0.25, 0.3) is 0 Å². The van der Waals surface area contributed by atoms with Crippen LogP contribution in [0.2, 0.25) is 0 Å². The molecule has 118 valence electrons. The zero-order valence-electron chi connectivity index (χ0n) is 13.2. The molecule has 0 saturated carbocycles. The quantitative estimate of drug-likeness (QED) is 0.898. The Hall–Kier alpha value is -1.06. The largest absolute Gasteiger partial charge is 0.353 e. The normalized spacial score (nSPS) is 22.2. The van der Waals surface area contributed by atoms with E-state index in [1.54, 1.807) is 0 Å². The van der Waals surface area contributed by atoms with Crippen molar-refractivity contribution in [2.24, 2.45) is 11.3 Å². The maximum absolute atomic E-state index is 12.6. The summed E-state index contributed by atoms with van der Waals surface area (Å²) in [7, 11) is 0. The summed E-state index contributed by atoms with van der Waals surface area (Å²) in [5.41, 5.74) is 0.845. The second-order valence-corrected chi connectivity index (χ2v) is 6.60. The fourth-order valence-corrected chi connectivity index (χ4v) is 2.78. The molecule has 1 aliphatic heterocycles. The van der Waals surface area contributed by atoms with E-state index in [0.29, 0.717) is 12.0 Å². The number of benzene rings is 1. The molecule has 21 heavy (non-hydrogen) atoms. The molecule has 0 bridgehead atoms. The zero-order chi connectivity index (χ0) is 14.6. The lowest BCUT2D eigenvalue weighted by atomic mass is 9.83. The van der Waals surface area contributed by atoms with Crippen LogP contribution >= 0.6 is 12.4 Å². The van der Waals surface area contributed by atoms with Gasteiger partial charge in [-0.3, -0.25) is 4.79 Å². The molecule has 1 aromatic carbocycles. The number of carbonyl (C=O) groups is 1. The highest BCUT2D eigenvalue weighted by Crippen LogP contribution is 2.23. The van der Waals surface area contributed by atoms with E-state index >= 15 is 0 Å². The first-order valence-electron chi connectivity index (χ1n) is 7.54. The summed E-state index contributed by atoms with van der Waals surface area (Å²) in [6.07, 6.45) is 1.80. The minimum atomic E-state index is -0.369. The molecule has 4 heteroatoms. The van der Waals surface area contributed by atoms with Crippen molar-refractivity contribution >= 4 is 18.3 Å². The number of hydrogen-bond acceptors (Lipinski definition) is 2. The van der Waals surface area contributed by atoms with E-state index in [2.05, 4.69) is 29.7 Å². The van der Waals surface area contributed by atoms with Crippen molar-refractivity contribution in [3.8, 4) is 0 Å². The number of amides is 1. The van der Waals surface area contributed by atoms with Gasteiger partial charge in [0.1, 0.15) is 0 Å². The zero-order valence-corrected chi connectivity index (χ0v) is 14.0. The van der Waals surface area contributed by atoms with Crippen molar-refractivity contribution in [3.63, 3.8) is 0 Å². The lowest BCUT2D eigenvalue weighted by molar-refractivity contribution is -0.130. The van der Waals surface area contributed by atoms with E-state index in [0.717, 1.165) is 25.9 Å². The summed E-state index contributed by atoms with van der Waals surface area (Å²) in [5.74, 6) is 0.667. The van der Waals surface area contributed by atoms with Gasteiger partial charge in [0.05, 0.1) is 0 Å². The van der Waals surface area contributed by atoms with Crippen molar-refractivity contribution in [1.82, 2.24) is 10.6 Å². The molecule has 0 aliphatic carbocycles. The summed E-state index contributed by atoms with van der Waals surface area (Å²) < 4.78 is 0. The van der Waals surface area contributed by atoms with Gasteiger partial charge in [-0.25, -0.2) is 0 Å². The van der Waals surface area contributed by atoms with Crippen LogP contribution in [0.15, 0.2) is 30.3 Å². The van der Waals surface area contributed by atoms with Crippen LogP contribution < -0.4 is 10.6 Å². The van der Waals surface area contributed by atoms with Crippen molar-refractivity contribution in [1.29, 1.82) is 0 Å². The van der Waals surface area contributed by atoms with Gasteiger partial charge in [0.25, 0.3) is 0 Å². The molecule has 2 N–H and O–H groups in total. The molecular weight excluding hydrogens is 284 g/mol. The molecule has 0 aromatic heterocycles. The number of carbonyl (C=O) groups excluding carboxylic acids is 1. The average Bonchev–Trinajstić information content (AvgIpc) is 2.42. The molecule has 2 rings (SSSR count). The molecule has 1 heterocycles. The van der Waals surface area contributed by atoms with E-state index in [9.17, 15) is 4.79 Å². The highest BCUT2D eigenvalue weighted by molar-refractivity contribution is 5.85. The highest BCUT2D eigenvalue weighted by Gasteiger charge is 2.31. The van der Waals surface area contributed by atoms with Crippen LogP contribution in [0.4, 0.5) is 0 Å². The lowest BCUT2D eigenvalue weighted by Crippen LogP contribution is -2.51. The molecule has 1 fully saturated rings. The second kappa shape index (κ2) is 7.81. The van der Waals surface area contributed by atoms with Crippen molar-refractivity contribution in [3.05, 3.63) is 35.9 Å². The Morgan fingerprint density at radius 3 is 2.62 bits per heavy atom. The predicted molar refractivity (Wildman–Crippen MR) is 89.8 cm³/mol. The van der Waals surface area contributed by atoms with Crippen LogP contribution in [0, 0.1) is 11.3 Å². The summed E-state index contributed by atoms with van der Waals surface area (Å²) >= 11 is 0. The van der Waals surface area contributed by atoms with Gasteiger partial charge in [0, 0.05) is 11.5 Å². The molecule has 1 aromatic rings. The van der Waals surface area contributed by atoms with Crippen LogP contribution in [-0.4, -0.2) is 25.0 Å². The van der Waals surface area contributed by atoms with E-state index in [-0.39, 0.29) is 23.7 Å². The predicted octanol–water partition coefficient (Wildman–Crippen LogP) is 2.79. The Kier molecular flexibility index (Phi) is 6.69. The number of nitrogens with one attached hydrogen (secondary N) is 2. The topological polar surface area (TPSA) is 41.1 Å². The average molecular weight is 311 g/mol. The van der Waals surface area contributed by atoms with Crippen LogP contribution in [0.5, 0.6) is 0 Å². The number of piperidine rings is 1. The lowest BCUT2D eigenvalue weighted by Gasteiger charge is -2.33. The maximum atomic E-state index is 12.6. The third kappa shape index (κ3) is 5.01. The van der Waals surface area contributed by atoms with E-state index in [4.69, 9.17) is 0 Å². The van der Waals surface area contributed by atoms with Gasteiger partial charge in [0.2, 0.25) is 5.91 Å². The molecule has 1 saturated heterocycles. The first kappa shape index (κ1) is 18.0. The van der Waals surface area contributed by atoms with E-state index < -0.39 is 0 Å². The molecule has 0 radical (unpaired) electrons. The third-order valence-corrected chi connectivity index (χ3v) is 4.21. The Bertz CT molecular complexity index is 447. The molecule has 1 aliphatic rings. The fraction of sp³-hybridized carbons (Fsp3) is 0.588. The Morgan fingerprint density at radius 2 is 2.00 bits per heavy atom. The Labute approximate surface area is 134 Å². The van der Waals surface area contributed by atoms with Gasteiger partial charge >= 0.3 is 0 Å². The van der Waals surface area contributed by atoms with Crippen molar-refractivity contribution in [2.45, 2.75) is 39.7 Å². The van der Waals surface area contributed by atoms with Crippen molar-refractivity contribution < 1.29 is 4.79 Å². The second-order valence-electron chi connectivity index (χ2n) is 6.60. The summed E-state index contributed by atoms with van der Waals surface area (Å²) in [6.45, 7) is 8.24. The fourth-order valence-electron chi connectivity index (χ4n) is 2.78. The highest BCUT2D eigenvalue weighted by atomic mass is 35.5. The van der Waals surface area contributed by atoms with Crippen LogP contribution in [0.3, 0.4) is 0 Å². The van der Waals surface area contributed by atoms with Gasteiger partial charge in [-0.1, -0.05) is 51.1 Å². The van der Waals surface area contributed by atoms with Gasteiger partial charge in [-0.05, 0) is 37.4 Å². The van der Waals surface area contributed by atoms with Gasteiger partial charge < -0.3 is 10.6 Å². The SMILES string of the molecule is CC1CNCCC1NC(=O)C(C)(C)Cc1ccccc1.Cl. The third-order valence-electron chi connectivity index (χ3n) is 4.21. The van der Waals surface area contributed by atoms with Gasteiger partial charge in [0.15, 0.2) is 0 Å². The molecule has 1 amide bonds. The first-order chi connectivity index (χ1) is 9.49. The Morgan fingerprint density at radius 1 is 1.33 bits per heavy atom. The van der Waals surface area contributed by atoms with Crippen LogP contribution in [-0.2, 0) is 11.2 Å². The van der Waals surface area contributed by atoms with Gasteiger partial charge in [-0.15, -0.1) is 12.4 Å². The van der Waals surface area contributed by atoms with Crippen LogP contribution in [0.1, 0.15) is 32.8 Å². The van der Waals surface area contributed by atoms with E-state index in [1.807, 2.05) is 32.0 Å². The standard InChI is InChI=1S/C17H26N2O.ClH/c1-13-12-18-10-9-15(13)19-16(20)17(2,3)11-14-7-5-4-6-8-14;/h4-8,13,15,18H,9-12H2,1-3H3,(H,19,20);1H. The smallest absolute Gasteiger partial charge is 0.226 e. The van der Waals surface area contributed by atoms with E-state index in [1.165, 1.54) is 5.56 Å². The minimum absolute atomic E-state index is 0. The summed E-state index contributed by atoms with van der Waals surface area (Å²) in [6, 6.07) is 10.5. The summed E-state index contributed by atoms with van der Waals surface area (Å²) in [5, 5.41) is 6.62. The van der Waals surface area contributed by atoms with Crippen molar-refractivity contribution in [2.75, 3.05) is 13.1 Å². The monoisotopic (exact) mass is 310 g/mol. The molecular formula is C17H27ClN2O. The first-order valence-corrected chi connectivity index (χ1v) is 7.54. The molecule has 3 nitrogen and oxygen atoms in total. The Balaban J connectivity index is 0.00000220. The van der Waals surface area contributed by atoms with Gasteiger partial charge in [-0.2, -0.15) is 0 Å². The molecule has 2 unspecified atom stereocenters. The number of halogens is 1. The molecule has 0 spiro atoms. The maximum Gasteiger partial charge on any atom is 0.226 e. The number of rotatable bonds is 4. The summed E-state index contributed by atoms with van der Waals surface area (Å²) in [4.78, 5) is 12.6. The molecule has 2 atom stereocenters. The number of hydrogen-bond donors (Lipinski definition) is 2. The minimum Gasteiger partial charge on any atom is -0.353 e.